The van der Waals surface area contributed by atoms with Crippen LogP contribution in [0.3, 0.4) is 0 Å². The predicted octanol–water partition coefficient (Wildman–Crippen LogP) is 0.150. The zero-order chi connectivity index (χ0) is 14.7. The van der Waals surface area contributed by atoms with Gasteiger partial charge in [-0.25, -0.2) is 0 Å². The lowest BCUT2D eigenvalue weighted by Crippen LogP contribution is -2.27. The molecule has 2 rings (SSSR count). The van der Waals surface area contributed by atoms with Gasteiger partial charge in [0.2, 0.25) is 5.91 Å². The molecule has 20 heavy (non-hydrogen) atoms. The third-order valence-corrected chi connectivity index (χ3v) is 2.82. The summed E-state index contributed by atoms with van der Waals surface area (Å²) >= 11 is 0. The Morgan fingerprint density at radius 3 is 2.75 bits per heavy atom. The highest BCUT2D eigenvalue weighted by atomic mass is 16.6. The van der Waals surface area contributed by atoms with Gasteiger partial charge in [0.15, 0.2) is 0 Å². The number of carbonyl (C=O) groups excluding carboxylic acids is 1. The van der Waals surface area contributed by atoms with Crippen LogP contribution in [0.4, 0.5) is 5.69 Å². The number of hydrogen-bond donors (Lipinski definition) is 1. The van der Waals surface area contributed by atoms with Crippen molar-refractivity contribution in [2.75, 3.05) is 0 Å². The summed E-state index contributed by atoms with van der Waals surface area (Å²) in [4.78, 5) is 21.9. The Labute approximate surface area is 114 Å². The van der Waals surface area contributed by atoms with Crippen molar-refractivity contribution >= 4 is 11.6 Å². The normalized spacial score (nSPS) is 10.5. The maximum Gasteiger partial charge on any atom is 0.309 e. The van der Waals surface area contributed by atoms with E-state index in [4.69, 9.17) is 0 Å². The molecule has 0 bridgehead atoms. The Bertz CT molecular complexity index is 644. The van der Waals surface area contributed by atoms with Crippen LogP contribution in [0.15, 0.2) is 18.6 Å². The van der Waals surface area contributed by atoms with Gasteiger partial charge in [-0.2, -0.15) is 10.2 Å². The Morgan fingerprint density at radius 2 is 2.20 bits per heavy atom. The molecule has 0 saturated heterocycles. The minimum Gasteiger partial charge on any atom is -0.350 e. The van der Waals surface area contributed by atoms with Crippen LogP contribution in [-0.4, -0.2) is 30.4 Å². The Morgan fingerprint density at radius 1 is 1.45 bits per heavy atom. The fourth-order valence-electron chi connectivity index (χ4n) is 1.73. The van der Waals surface area contributed by atoms with Gasteiger partial charge in [-0.05, 0) is 6.92 Å². The van der Waals surface area contributed by atoms with Gasteiger partial charge in [0.05, 0.1) is 11.1 Å². The highest BCUT2D eigenvalue weighted by molar-refractivity contribution is 5.75. The molecule has 1 N–H and O–H groups in total. The van der Waals surface area contributed by atoms with E-state index >= 15 is 0 Å². The van der Waals surface area contributed by atoms with E-state index in [9.17, 15) is 14.9 Å². The summed E-state index contributed by atoms with van der Waals surface area (Å²) < 4.78 is 2.94. The van der Waals surface area contributed by atoms with E-state index in [1.54, 1.807) is 31.0 Å². The first-order valence-corrected chi connectivity index (χ1v) is 5.88. The minimum atomic E-state index is -0.521. The largest absolute Gasteiger partial charge is 0.350 e. The molecule has 0 fully saturated rings. The molecule has 0 aromatic carbocycles. The lowest BCUT2D eigenvalue weighted by Gasteiger charge is -2.05. The quantitative estimate of drug-likeness (QED) is 0.618. The van der Waals surface area contributed by atoms with Crippen LogP contribution >= 0.6 is 0 Å². The molecule has 0 aliphatic rings. The highest BCUT2D eigenvalue weighted by Gasteiger charge is 2.17. The first kappa shape index (κ1) is 13.7. The third kappa shape index (κ3) is 2.99. The van der Waals surface area contributed by atoms with E-state index < -0.39 is 4.92 Å². The average Bonchev–Trinajstić information content (AvgIpc) is 2.94. The maximum atomic E-state index is 11.8. The molecule has 1 amide bonds. The SMILES string of the molecule is Cc1c([N+](=O)[O-])cnn1CC(=O)NCc1cnn(C)c1. The first-order valence-electron chi connectivity index (χ1n) is 5.88. The van der Waals surface area contributed by atoms with Crippen molar-refractivity contribution in [3.05, 3.63) is 40.0 Å². The summed E-state index contributed by atoms with van der Waals surface area (Å²) in [5, 5.41) is 21.2. The average molecular weight is 278 g/mol. The third-order valence-electron chi connectivity index (χ3n) is 2.82. The van der Waals surface area contributed by atoms with Crippen molar-refractivity contribution < 1.29 is 9.72 Å². The van der Waals surface area contributed by atoms with Crippen molar-refractivity contribution in [2.24, 2.45) is 7.05 Å². The van der Waals surface area contributed by atoms with E-state index in [0.29, 0.717) is 12.2 Å². The molecular formula is C11H14N6O3. The zero-order valence-electron chi connectivity index (χ0n) is 11.1. The second-order valence-electron chi connectivity index (χ2n) is 4.33. The van der Waals surface area contributed by atoms with Gasteiger partial charge >= 0.3 is 5.69 Å². The first-order chi connectivity index (χ1) is 9.47. The standard InChI is InChI=1S/C11H14N6O3/c1-8-10(17(19)20)5-14-16(8)7-11(18)12-3-9-4-13-15(2)6-9/h4-6H,3,7H2,1-2H3,(H,12,18). The molecule has 0 radical (unpaired) electrons. The second-order valence-corrected chi connectivity index (χ2v) is 4.33. The molecular weight excluding hydrogens is 264 g/mol. The Balaban J connectivity index is 1.93. The smallest absolute Gasteiger partial charge is 0.309 e. The highest BCUT2D eigenvalue weighted by Crippen LogP contribution is 2.15. The molecule has 106 valence electrons. The van der Waals surface area contributed by atoms with Crippen LogP contribution in [0, 0.1) is 17.0 Å². The zero-order valence-corrected chi connectivity index (χ0v) is 11.1. The number of nitrogens with one attached hydrogen (secondary N) is 1. The summed E-state index contributed by atoms with van der Waals surface area (Å²) in [5.74, 6) is -0.269. The number of nitrogens with zero attached hydrogens (tertiary/aromatic N) is 5. The van der Waals surface area contributed by atoms with Crippen molar-refractivity contribution in [3.8, 4) is 0 Å². The predicted molar refractivity (Wildman–Crippen MR) is 68.7 cm³/mol. The monoisotopic (exact) mass is 278 g/mol. The molecule has 0 saturated carbocycles. The van der Waals surface area contributed by atoms with E-state index in [-0.39, 0.29) is 18.1 Å². The van der Waals surface area contributed by atoms with Gasteiger partial charge < -0.3 is 5.32 Å². The van der Waals surface area contributed by atoms with Crippen molar-refractivity contribution in [1.29, 1.82) is 0 Å². The van der Waals surface area contributed by atoms with Gasteiger partial charge in [-0.3, -0.25) is 24.3 Å². The Kier molecular flexibility index (Phi) is 3.78. The summed E-state index contributed by atoms with van der Waals surface area (Å²) in [6, 6.07) is 0. The maximum absolute atomic E-state index is 11.8. The van der Waals surface area contributed by atoms with Crippen molar-refractivity contribution in [2.45, 2.75) is 20.0 Å². The number of amides is 1. The van der Waals surface area contributed by atoms with Gasteiger partial charge in [-0.15, -0.1) is 0 Å². The molecule has 0 unspecified atom stereocenters. The topological polar surface area (TPSA) is 108 Å². The van der Waals surface area contributed by atoms with E-state index in [1.165, 1.54) is 4.68 Å². The second kappa shape index (κ2) is 5.51. The molecule has 2 heterocycles. The Hall–Kier alpha value is -2.71. The van der Waals surface area contributed by atoms with Gasteiger partial charge in [0, 0.05) is 25.4 Å². The summed E-state index contributed by atoms with van der Waals surface area (Å²) in [7, 11) is 1.79. The summed E-state index contributed by atoms with van der Waals surface area (Å²) in [5.41, 5.74) is 1.14. The molecule has 2 aromatic heterocycles. The lowest BCUT2D eigenvalue weighted by atomic mass is 10.3. The van der Waals surface area contributed by atoms with Gasteiger partial charge in [-0.1, -0.05) is 0 Å². The number of aryl methyl sites for hydroxylation is 1. The molecule has 2 aromatic rings. The number of carbonyl (C=O) groups is 1. The molecule has 0 spiro atoms. The van der Waals surface area contributed by atoms with Crippen LogP contribution in [-0.2, 0) is 24.9 Å². The lowest BCUT2D eigenvalue weighted by molar-refractivity contribution is -0.385. The van der Waals surface area contributed by atoms with Crippen LogP contribution in [0.1, 0.15) is 11.3 Å². The van der Waals surface area contributed by atoms with Gasteiger partial charge in [0.25, 0.3) is 0 Å². The van der Waals surface area contributed by atoms with E-state index in [1.807, 2.05) is 0 Å². The van der Waals surface area contributed by atoms with Crippen LogP contribution in [0.25, 0.3) is 0 Å². The van der Waals surface area contributed by atoms with Gasteiger partial charge in [0.1, 0.15) is 18.4 Å². The van der Waals surface area contributed by atoms with Crippen molar-refractivity contribution in [3.63, 3.8) is 0 Å². The molecule has 9 nitrogen and oxygen atoms in total. The molecule has 0 aliphatic carbocycles. The number of rotatable bonds is 5. The fraction of sp³-hybridized carbons (Fsp3) is 0.364. The number of hydrogen-bond acceptors (Lipinski definition) is 5. The van der Waals surface area contributed by atoms with Crippen LogP contribution in [0.2, 0.25) is 0 Å². The molecule has 0 aliphatic heterocycles. The number of nitro groups is 1. The fourth-order valence-corrected chi connectivity index (χ4v) is 1.73. The molecule has 0 atom stereocenters. The number of aromatic nitrogens is 4. The van der Waals surface area contributed by atoms with E-state index in [2.05, 4.69) is 15.5 Å². The van der Waals surface area contributed by atoms with Crippen molar-refractivity contribution in [1.82, 2.24) is 24.9 Å². The molecule has 9 heteroatoms. The summed E-state index contributed by atoms with van der Waals surface area (Å²) in [6.45, 7) is 1.86. The summed E-state index contributed by atoms with van der Waals surface area (Å²) in [6.07, 6.45) is 4.60. The van der Waals surface area contributed by atoms with Crippen LogP contribution < -0.4 is 5.32 Å². The minimum absolute atomic E-state index is 0.0556. The van der Waals surface area contributed by atoms with E-state index in [0.717, 1.165) is 11.8 Å². The van der Waals surface area contributed by atoms with Crippen LogP contribution in [0.5, 0.6) is 0 Å².